The maximum atomic E-state index is 11.4. The van der Waals surface area contributed by atoms with Crippen LogP contribution in [0.4, 0.5) is 0 Å². The molecule has 1 aromatic rings. The Labute approximate surface area is 82.9 Å². The van der Waals surface area contributed by atoms with Crippen LogP contribution >= 0.6 is 0 Å². The molecule has 3 nitrogen and oxygen atoms in total. The Balaban J connectivity index is 2.68. The number of carbonyl (C=O) groups excluding carboxylic acids is 1. The first-order chi connectivity index (χ1) is 6.77. The Morgan fingerprint density at radius 3 is 2.57 bits per heavy atom. The van der Waals surface area contributed by atoms with Gasteiger partial charge in [0.1, 0.15) is 6.61 Å². The minimum absolute atomic E-state index is 0.0589. The molecule has 0 radical (unpaired) electrons. The van der Waals surface area contributed by atoms with Crippen molar-refractivity contribution in [3.05, 3.63) is 35.4 Å². The molecule has 0 fully saturated rings. The summed E-state index contributed by atoms with van der Waals surface area (Å²) in [5.74, 6) is -0.0589. The molecule has 0 unspecified atom stereocenters. The molecular formula is C11H11NO2. The van der Waals surface area contributed by atoms with Gasteiger partial charge in [-0.25, -0.2) is 0 Å². The number of hydrogen-bond donors (Lipinski definition) is 0. The third-order valence-corrected chi connectivity index (χ3v) is 1.77. The Morgan fingerprint density at radius 1 is 1.43 bits per heavy atom. The highest BCUT2D eigenvalue weighted by Gasteiger charge is 2.04. The van der Waals surface area contributed by atoms with E-state index >= 15 is 0 Å². The second-order valence-corrected chi connectivity index (χ2v) is 2.75. The number of benzene rings is 1. The molecule has 0 aromatic heterocycles. The fourth-order valence-corrected chi connectivity index (χ4v) is 1.01. The fourth-order valence-electron chi connectivity index (χ4n) is 1.01. The molecule has 0 heterocycles. The standard InChI is InChI=1S/C11H11NO2/c1-2-14-8-11(13)10-5-3-9(7-12)4-6-10/h3-6H,2,8H2,1H3. The van der Waals surface area contributed by atoms with Gasteiger partial charge in [0.25, 0.3) is 0 Å². The number of ketones is 1. The number of carbonyl (C=O) groups is 1. The summed E-state index contributed by atoms with van der Waals surface area (Å²) in [7, 11) is 0. The van der Waals surface area contributed by atoms with Gasteiger partial charge in [-0.2, -0.15) is 5.26 Å². The zero-order valence-electron chi connectivity index (χ0n) is 7.99. The summed E-state index contributed by atoms with van der Waals surface area (Å²) in [4.78, 5) is 11.4. The molecule has 0 bridgehead atoms. The van der Waals surface area contributed by atoms with Crippen molar-refractivity contribution in [2.24, 2.45) is 0 Å². The van der Waals surface area contributed by atoms with Gasteiger partial charge in [0, 0.05) is 12.2 Å². The van der Waals surface area contributed by atoms with Crippen molar-refractivity contribution in [2.75, 3.05) is 13.2 Å². The summed E-state index contributed by atoms with van der Waals surface area (Å²) < 4.78 is 4.99. The highest BCUT2D eigenvalue weighted by molar-refractivity contribution is 5.97. The molecule has 3 heteroatoms. The van der Waals surface area contributed by atoms with E-state index in [0.29, 0.717) is 17.7 Å². The summed E-state index contributed by atoms with van der Waals surface area (Å²) in [6, 6.07) is 8.52. The number of nitriles is 1. The van der Waals surface area contributed by atoms with Crippen molar-refractivity contribution in [1.29, 1.82) is 5.26 Å². The van der Waals surface area contributed by atoms with Gasteiger partial charge in [0.15, 0.2) is 5.78 Å². The second-order valence-electron chi connectivity index (χ2n) is 2.75. The molecule has 0 saturated heterocycles. The quantitative estimate of drug-likeness (QED) is 0.678. The molecule has 0 aliphatic rings. The summed E-state index contributed by atoms with van der Waals surface area (Å²) in [6.45, 7) is 2.47. The van der Waals surface area contributed by atoms with Crippen molar-refractivity contribution in [3.63, 3.8) is 0 Å². The maximum absolute atomic E-state index is 11.4. The number of nitrogens with zero attached hydrogens (tertiary/aromatic N) is 1. The van der Waals surface area contributed by atoms with Gasteiger partial charge in [0.2, 0.25) is 0 Å². The predicted molar refractivity (Wildman–Crippen MR) is 52.0 cm³/mol. The van der Waals surface area contributed by atoms with Crippen LogP contribution in [-0.2, 0) is 4.74 Å². The van der Waals surface area contributed by atoms with E-state index < -0.39 is 0 Å². The lowest BCUT2D eigenvalue weighted by Gasteiger charge is -2.00. The first kappa shape index (κ1) is 10.4. The molecule has 0 saturated carbocycles. The van der Waals surface area contributed by atoms with Crippen LogP contribution < -0.4 is 0 Å². The lowest BCUT2D eigenvalue weighted by atomic mass is 10.1. The van der Waals surface area contributed by atoms with Crippen molar-refractivity contribution in [1.82, 2.24) is 0 Å². The number of rotatable bonds is 4. The van der Waals surface area contributed by atoms with E-state index in [2.05, 4.69) is 0 Å². The highest BCUT2D eigenvalue weighted by Crippen LogP contribution is 2.04. The van der Waals surface area contributed by atoms with Crippen LogP contribution in [0.2, 0.25) is 0 Å². The summed E-state index contributed by atoms with van der Waals surface area (Å²) in [5, 5.41) is 8.55. The Kier molecular flexibility index (Phi) is 3.84. The predicted octanol–water partition coefficient (Wildman–Crippen LogP) is 1.78. The molecule has 0 amide bonds. The van der Waals surface area contributed by atoms with Gasteiger partial charge in [-0.3, -0.25) is 4.79 Å². The van der Waals surface area contributed by atoms with Crippen LogP contribution in [0.5, 0.6) is 0 Å². The van der Waals surface area contributed by atoms with Gasteiger partial charge in [-0.15, -0.1) is 0 Å². The Bertz CT molecular complexity index is 349. The minimum Gasteiger partial charge on any atom is -0.374 e. The lowest BCUT2D eigenvalue weighted by Crippen LogP contribution is -2.08. The largest absolute Gasteiger partial charge is 0.374 e. The van der Waals surface area contributed by atoms with Crippen LogP contribution in [0.15, 0.2) is 24.3 Å². The average molecular weight is 189 g/mol. The third-order valence-electron chi connectivity index (χ3n) is 1.77. The van der Waals surface area contributed by atoms with Crippen molar-refractivity contribution < 1.29 is 9.53 Å². The lowest BCUT2D eigenvalue weighted by molar-refractivity contribution is 0.0783. The summed E-state index contributed by atoms with van der Waals surface area (Å²) >= 11 is 0. The molecule has 0 N–H and O–H groups in total. The molecule has 0 spiro atoms. The Hall–Kier alpha value is -1.66. The van der Waals surface area contributed by atoms with Crippen LogP contribution in [0, 0.1) is 11.3 Å². The molecule has 1 aromatic carbocycles. The second kappa shape index (κ2) is 5.15. The first-order valence-electron chi connectivity index (χ1n) is 4.39. The minimum atomic E-state index is -0.0589. The Morgan fingerprint density at radius 2 is 2.07 bits per heavy atom. The summed E-state index contributed by atoms with van der Waals surface area (Å²) in [6.07, 6.45) is 0. The molecule has 0 aliphatic carbocycles. The van der Waals surface area contributed by atoms with Crippen molar-refractivity contribution >= 4 is 5.78 Å². The zero-order chi connectivity index (χ0) is 10.4. The molecule has 0 atom stereocenters. The van der Waals surface area contributed by atoms with Gasteiger partial charge < -0.3 is 4.74 Å². The normalized spacial score (nSPS) is 9.43. The van der Waals surface area contributed by atoms with E-state index in [-0.39, 0.29) is 12.4 Å². The molecule has 1 rings (SSSR count). The van der Waals surface area contributed by atoms with Crippen LogP contribution in [-0.4, -0.2) is 19.0 Å². The van der Waals surface area contributed by atoms with Gasteiger partial charge in [-0.05, 0) is 19.1 Å². The highest BCUT2D eigenvalue weighted by atomic mass is 16.5. The maximum Gasteiger partial charge on any atom is 0.188 e. The third kappa shape index (κ3) is 2.68. The van der Waals surface area contributed by atoms with E-state index in [0.717, 1.165) is 0 Å². The first-order valence-corrected chi connectivity index (χ1v) is 4.39. The van der Waals surface area contributed by atoms with Crippen LogP contribution in [0.3, 0.4) is 0 Å². The summed E-state index contributed by atoms with van der Waals surface area (Å²) in [5.41, 5.74) is 1.13. The van der Waals surface area contributed by atoms with E-state index in [4.69, 9.17) is 10.00 Å². The molecular weight excluding hydrogens is 178 g/mol. The van der Waals surface area contributed by atoms with Gasteiger partial charge >= 0.3 is 0 Å². The van der Waals surface area contributed by atoms with E-state index in [9.17, 15) is 4.79 Å². The number of Topliss-reactive ketones (excluding diaryl/α,β-unsaturated/α-hetero) is 1. The van der Waals surface area contributed by atoms with Crippen LogP contribution in [0.1, 0.15) is 22.8 Å². The van der Waals surface area contributed by atoms with Gasteiger partial charge in [0.05, 0.1) is 11.6 Å². The molecule has 72 valence electrons. The van der Waals surface area contributed by atoms with E-state index in [1.807, 2.05) is 13.0 Å². The molecule has 0 aliphatic heterocycles. The topological polar surface area (TPSA) is 50.1 Å². The van der Waals surface area contributed by atoms with Crippen LogP contribution in [0.25, 0.3) is 0 Å². The van der Waals surface area contributed by atoms with E-state index in [1.54, 1.807) is 24.3 Å². The average Bonchev–Trinajstić information content (AvgIpc) is 2.26. The van der Waals surface area contributed by atoms with Gasteiger partial charge in [-0.1, -0.05) is 12.1 Å². The van der Waals surface area contributed by atoms with E-state index in [1.165, 1.54) is 0 Å². The van der Waals surface area contributed by atoms with Crippen molar-refractivity contribution in [3.8, 4) is 6.07 Å². The molecule has 14 heavy (non-hydrogen) atoms. The number of hydrogen-bond acceptors (Lipinski definition) is 3. The SMILES string of the molecule is CCOCC(=O)c1ccc(C#N)cc1. The fraction of sp³-hybridized carbons (Fsp3) is 0.273. The monoisotopic (exact) mass is 189 g/mol. The zero-order valence-corrected chi connectivity index (χ0v) is 7.99. The number of ether oxygens (including phenoxy) is 1. The van der Waals surface area contributed by atoms with Crippen molar-refractivity contribution in [2.45, 2.75) is 6.92 Å². The smallest absolute Gasteiger partial charge is 0.188 e.